The van der Waals surface area contributed by atoms with Crippen molar-refractivity contribution in [3.05, 3.63) is 46.0 Å². The SMILES string of the molecule is Cc1cc(CS(=O)(=O)Nc2cc(F)ccc2Br)no1. The van der Waals surface area contributed by atoms with E-state index in [0.29, 0.717) is 10.2 Å². The third kappa shape index (κ3) is 3.77. The van der Waals surface area contributed by atoms with Crippen molar-refractivity contribution in [3.63, 3.8) is 0 Å². The lowest BCUT2D eigenvalue weighted by Crippen LogP contribution is -2.15. The van der Waals surface area contributed by atoms with Crippen LogP contribution in [0.2, 0.25) is 0 Å². The van der Waals surface area contributed by atoms with Gasteiger partial charge in [-0.05, 0) is 41.1 Å². The molecular formula is C11H10BrFN2O3S. The van der Waals surface area contributed by atoms with Crippen LogP contribution in [-0.4, -0.2) is 13.6 Å². The van der Waals surface area contributed by atoms with Crippen molar-refractivity contribution in [1.82, 2.24) is 5.16 Å². The van der Waals surface area contributed by atoms with Gasteiger partial charge in [-0.2, -0.15) is 0 Å². The minimum atomic E-state index is -3.68. The third-order valence-electron chi connectivity index (χ3n) is 2.21. The number of nitrogens with zero attached hydrogens (tertiary/aromatic N) is 1. The van der Waals surface area contributed by atoms with E-state index < -0.39 is 15.8 Å². The fourth-order valence-electron chi connectivity index (χ4n) is 1.46. The van der Waals surface area contributed by atoms with Crippen LogP contribution in [0, 0.1) is 12.7 Å². The van der Waals surface area contributed by atoms with Gasteiger partial charge in [0.2, 0.25) is 10.0 Å². The van der Waals surface area contributed by atoms with Crippen molar-refractivity contribution >= 4 is 31.6 Å². The van der Waals surface area contributed by atoms with Crippen LogP contribution >= 0.6 is 15.9 Å². The Labute approximate surface area is 118 Å². The predicted molar refractivity (Wildman–Crippen MR) is 71.6 cm³/mol. The van der Waals surface area contributed by atoms with Crippen LogP contribution in [0.4, 0.5) is 10.1 Å². The molecule has 0 aliphatic carbocycles. The Kier molecular flexibility index (Phi) is 3.91. The molecule has 0 aliphatic rings. The molecule has 5 nitrogen and oxygen atoms in total. The molecule has 0 saturated carbocycles. The van der Waals surface area contributed by atoms with E-state index in [9.17, 15) is 12.8 Å². The minimum Gasteiger partial charge on any atom is -0.361 e. The first kappa shape index (κ1) is 14.0. The highest BCUT2D eigenvalue weighted by Crippen LogP contribution is 2.24. The highest BCUT2D eigenvalue weighted by Gasteiger charge is 2.16. The van der Waals surface area contributed by atoms with Crippen molar-refractivity contribution in [2.45, 2.75) is 12.7 Å². The first-order valence-corrected chi connectivity index (χ1v) is 7.68. The molecule has 1 aromatic heterocycles. The quantitative estimate of drug-likeness (QED) is 0.921. The van der Waals surface area contributed by atoms with Gasteiger partial charge in [0.25, 0.3) is 0 Å². The summed E-state index contributed by atoms with van der Waals surface area (Å²) in [5.41, 5.74) is 0.428. The lowest BCUT2D eigenvalue weighted by molar-refractivity contribution is 0.392. The monoisotopic (exact) mass is 348 g/mol. The summed E-state index contributed by atoms with van der Waals surface area (Å²) < 4.78 is 44.4. The fourth-order valence-corrected chi connectivity index (χ4v) is 3.04. The van der Waals surface area contributed by atoms with Crippen molar-refractivity contribution in [3.8, 4) is 0 Å². The Bertz CT molecular complexity index is 700. The summed E-state index contributed by atoms with van der Waals surface area (Å²) in [6, 6.07) is 5.27. The van der Waals surface area contributed by atoms with Gasteiger partial charge in [-0.3, -0.25) is 4.72 Å². The third-order valence-corrected chi connectivity index (χ3v) is 4.11. The number of hydrogen-bond donors (Lipinski definition) is 1. The Balaban J connectivity index is 2.19. The standard InChI is InChI=1S/C11H10BrFN2O3S/c1-7-4-9(14-18-7)6-19(16,17)15-11-5-8(13)2-3-10(11)12/h2-5,15H,6H2,1H3. The molecule has 102 valence electrons. The van der Waals surface area contributed by atoms with Crippen LogP contribution in [0.1, 0.15) is 11.5 Å². The van der Waals surface area contributed by atoms with Gasteiger partial charge < -0.3 is 4.52 Å². The summed E-state index contributed by atoms with van der Waals surface area (Å²) >= 11 is 3.14. The number of aryl methyl sites for hydroxylation is 1. The predicted octanol–water partition coefficient (Wildman–Crippen LogP) is 2.83. The maximum Gasteiger partial charge on any atom is 0.238 e. The molecule has 0 fully saturated rings. The molecule has 0 saturated heterocycles. The first-order valence-electron chi connectivity index (χ1n) is 5.23. The number of rotatable bonds is 4. The lowest BCUT2D eigenvalue weighted by atomic mass is 10.3. The number of halogens is 2. The minimum absolute atomic E-state index is 0.139. The van der Waals surface area contributed by atoms with Gasteiger partial charge in [0.05, 0.1) is 5.69 Å². The summed E-state index contributed by atoms with van der Waals surface area (Å²) in [6.45, 7) is 1.67. The van der Waals surface area contributed by atoms with Gasteiger partial charge >= 0.3 is 0 Å². The first-order chi connectivity index (χ1) is 8.85. The Morgan fingerprint density at radius 2 is 2.16 bits per heavy atom. The number of hydrogen-bond acceptors (Lipinski definition) is 4. The van der Waals surface area contributed by atoms with Crippen LogP contribution < -0.4 is 4.72 Å². The molecular weight excluding hydrogens is 339 g/mol. The van der Waals surface area contributed by atoms with E-state index in [2.05, 4.69) is 25.8 Å². The molecule has 0 radical (unpaired) electrons. The van der Waals surface area contributed by atoms with E-state index in [-0.39, 0.29) is 17.1 Å². The van der Waals surface area contributed by atoms with Gasteiger partial charge in [0.1, 0.15) is 23.0 Å². The largest absolute Gasteiger partial charge is 0.361 e. The molecule has 0 unspecified atom stereocenters. The maximum atomic E-state index is 13.1. The number of sulfonamides is 1. The van der Waals surface area contributed by atoms with Crippen molar-refractivity contribution in [2.24, 2.45) is 0 Å². The second-order valence-electron chi connectivity index (χ2n) is 3.91. The van der Waals surface area contributed by atoms with Crippen LogP contribution in [-0.2, 0) is 15.8 Å². The van der Waals surface area contributed by atoms with Crippen LogP contribution in [0.15, 0.2) is 33.3 Å². The van der Waals surface area contributed by atoms with E-state index in [1.54, 1.807) is 6.92 Å². The zero-order chi connectivity index (χ0) is 14.0. The van der Waals surface area contributed by atoms with E-state index in [1.807, 2.05) is 0 Å². The maximum absolute atomic E-state index is 13.1. The lowest BCUT2D eigenvalue weighted by Gasteiger charge is -2.08. The average molecular weight is 349 g/mol. The van der Waals surface area contributed by atoms with E-state index in [1.165, 1.54) is 18.2 Å². The number of aromatic nitrogens is 1. The van der Waals surface area contributed by atoms with Crippen molar-refractivity contribution in [1.29, 1.82) is 0 Å². The van der Waals surface area contributed by atoms with E-state index >= 15 is 0 Å². The molecule has 1 N–H and O–H groups in total. The molecule has 0 atom stereocenters. The summed E-state index contributed by atoms with van der Waals surface area (Å²) in [5.74, 6) is -0.344. The van der Waals surface area contributed by atoms with Gasteiger partial charge in [-0.1, -0.05) is 5.16 Å². The molecule has 0 spiro atoms. The Morgan fingerprint density at radius 3 is 2.79 bits per heavy atom. The smallest absolute Gasteiger partial charge is 0.238 e. The molecule has 2 aromatic rings. The van der Waals surface area contributed by atoms with Crippen LogP contribution in [0.3, 0.4) is 0 Å². The van der Waals surface area contributed by atoms with Crippen LogP contribution in [0.5, 0.6) is 0 Å². The Morgan fingerprint density at radius 1 is 1.42 bits per heavy atom. The Hall–Kier alpha value is -1.41. The molecule has 8 heteroatoms. The highest BCUT2D eigenvalue weighted by atomic mass is 79.9. The molecule has 1 heterocycles. The fraction of sp³-hybridized carbons (Fsp3) is 0.182. The normalized spacial score (nSPS) is 11.5. The van der Waals surface area contributed by atoms with Crippen molar-refractivity contribution in [2.75, 3.05) is 4.72 Å². The summed E-state index contributed by atoms with van der Waals surface area (Å²) in [4.78, 5) is 0. The number of anilines is 1. The number of nitrogens with one attached hydrogen (secondary N) is 1. The molecule has 19 heavy (non-hydrogen) atoms. The van der Waals surface area contributed by atoms with Gasteiger partial charge in [-0.15, -0.1) is 0 Å². The summed E-state index contributed by atoms with van der Waals surface area (Å²) in [7, 11) is -3.68. The van der Waals surface area contributed by atoms with E-state index in [4.69, 9.17) is 4.52 Å². The number of benzene rings is 1. The second-order valence-corrected chi connectivity index (χ2v) is 6.49. The molecule has 0 aliphatic heterocycles. The zero-order valence-corrected chi connectivity index (χ0v) is 12.3. The molecule has 0 bridgehead atoms. The van der Waals surface area contributed by atoms with E-state index in [0.717, 1.165) is 6.07 Å². The topological polar surface area (TPSA) is 72.2 Å². The molecule has 1 aromatic carbocycles. The molecule has 2 rings (SSSR count). The average Bonchev–Trinajstić information content (AvgIpc) is 2.68. The van der Waals surface area contributed by atoms with Gasteiger partial charge in [0, 0.05) is 10.5 Å². The van der Waals surface area contributed by atoms with Gasteiger partial charge in [0.15, 0.2) is 0 Å². The van der Waals surface area contributed by atoms with Gasteiger partial charge in [-0.25, -0.2) is 12.8 Å². The van der Waals surface area contributed by atoms with Crippen molar-refractivity contribution < 1.29 is 17.3 Å². The second kappa shape index (κ2) is 5.30. The summed E-state index contributed by atoms with van der Waals surface area (Å²) in [5, 5.41) is 3.60. The zero-order valence-electron chi connectivity index (χ0n) is 9.85. The van der Waals surface area contributed by atoms with Crippen LogP contribution in [0.25, 0.3) is 0 Å². The summed E-state index contributed by atoms with van der Waals surface area (Å²) in [6.07, 6.45) is 0. The molecule has 0 amide bonds. The highest BCUT2D eigenvalue weighted by molar-refractivity contribution is 9.10.